The highest BCUT2D eigenvalue weighted by atomic mass is 35.5. The zero-order chi connectivity index (χ0) is 25.2. The minimum atomic E-state index is -0.678. The van der Waals surface area contributed by atoms with Gasteiger partial charge in [-0.05, 0) is 37.1 Å². The molecule has 35 heavy (non-hydrogen) atoms. The normalized spacial score (nSPS) is 11.7. The molecule has 3 rings (SSSR count). The van der Waals surface area contributed by atoms with E-state index in [2.05, 4.69) is 5.32 Å². The Hall–Kier alpha value is -2.83. The largest absolute Gasteiger partial charge is 0.355 e. The lowest BCUT2D eigenvalue weighted by molar-refractivity contribution is -0.139. The van der Waals surface area contributed by atoms with E-state index < -0.39 is 11.9 Å². The standard InChI is InChI=1S/C28H30ClFN2O2S/c1-3-31-28(34)26(16-21-10-5-4-6-11-21)32(17-22-12-7-9-20(2)15-22)27(33)19-35-18-23-24(29)13-8-14-25(23)30/h4-15,26H,3,16-19H2,1-2H3,(H,31,34)/t26-/m1/s1. The molecule has 0 unspecified atom stereocenters. The van der Waals surface area contributed by atoms with Crippen LogP contribution < -0.4 is 5.32 Å². The van der Waals surface area contributed by atoms with E-state index in [1.54, 1.807) is 17.0 Å². The smallest absolute Gasteiger partial charge is 0.243 e. The molecule has 0 fully saturated rings. The summed E-state index contributed by atoms with van der Waals surface area (Å²) >= 11 is 7.43. The second-order valence-corrected chi connectivity index (χ2v) is 9.70. The van der Waals surface area contributed by atoms with Crippen LogP contribution in [0.4, 0.5) is 4.39 Å². The van der Waals surface area contributed by atoms with E-state index in [1.165, 1.54) is 17.8 Å². The molecule has 7 heteroatoms. The highest BCUT2D eigenvalue weighted by molar-refractivity contribution is 7.99. The Morgan fingerprint density at radius 1 is 1.03 bits per heavy atom. The quantitative estimate of drug-likeness (QED) is 0.353. The van der Waals surface area contributed by atoms with Gasteiger partial charge in [0.05, 0.1) is 5.75 Å². The van der Waals surface area contributed by atoms with Gasteiger partial charge in [-0.3, -0.25) is 9.59 Å². The Balaban J connectivity index is 1.85. The summed E-state index contributed by atoms with van der Waals surface area (Å²) < 4.78 is 14.2. The average molecular weight is 513 g/mol. The number of benzene rings is 3. The lowest BCUT2D eigenvalue weighted by Crippen LogP contribution is -2.51. The van der Waals surface area contributed by atoms with Crippen LogP contribution in [0.3, 0.4) is 0 Å². The SMILES string of the molecule is CCNC(=O)[C@@H](Cc1ccccc1)N(Cc1cccc(C)c1)C(=O)CSCc1c(F)cccc1Cl. The first-order valence-corrected chi connectivity index (χ1v) is 13.1. The lowest BCUT2D eigenvalue weighted by Gasteiger charge is -2.31. The maximum Gasteiger partial charge on any atom is 0.243 e. The van der Waals surface area contributed by atoms with Crippen LogP contribution in [0.15, 0.2) is 72.8 Å². The number of likely N-dealkylation sites (N-methyl/N-ethyl adjacent to an activating group) is 1. The third kappa shape index (κ3) is 7.84. The molecule has 0 aliphatic carbocycles. The number of rotatable bonds is 11. The maximum atomic E-state index is 14.2. The van der Waals surface area contributed by atoms with E-state index >= 15 is 0 Å². The third-order valence-electron chi connectivity index (χ3n) is 5.59. The molecule has 0 spiro atoms. The summed E-state index contributed by atoms with van der Waals surface area (Å²) in [6.07, 6.45) is 0.397. The summed E-state index contributed by atoms with van der Waals surface area (Å²) in [5, 5.41) is 3.23. The number of hydrogen-bond donors (Lipinski definition) is 1. The zero-order valence-electron chi connectivity index (χ0n) is 20.0. The van der Waals surface area contributed by atoms with Crippen molar-refractivity contribution in [2.75, 3.05) is 12.3 Å². The summed E-state index contributed by atoms with van der Waals surface area (Å²) in [5.41, 5.74) is 3.37. The van der Waals surface area contributed by atoms with Crippen LogP contribution in [0, 0.1) is 12.7 Å². The van der Waals surface area contributed by atoms with E-state index in [0.717, 1.165) is 16.7 Å². The van der Waals surface area contributed by atoms with E-state index in [4.69, 9.17) is 11.6 Å². The summed E-state index contributed by atoms with van der Waals surface area (Å²) in [6.45, 7) is 4.63. The van der Waals surface area contributed by atoms with Crippen LogP contribution in [0.1, 0.15) is 29.2 Å². The average Bonchev–Trinajstić information content (AvgIpc) is 2.84. The first-order chi connectivity index (χ1) is 16.9. The molecule has 0 bridgehead atoms. The van der Waals surface area contributed by atoms with Gasteiger partial charge in [0.2, 0.25) is 11.8 Å². The molecule has 0 saturated heterocycles. The molecule has 3 aromatic rings. The third-order valence-corrected chi connectivity index (χ3v) is 6.89. The van der Waals surface area contributed by atoms with Crippen LogP contribution in [0.5, 0.6) is 0 Å². The highest BCUT2D eigenvalue weighted by Crippen LogP contribution is 2.25. The minimum Gasteiger partial charge on any atom is -0.355 e. The Labute approximate surface area is 215 Å². The van der Waals surface area contributed by atoms with Gasteiger partial charge >= 0.3 is 0 Å². The van der Waals surface area contributed by atoms with Gasteiger partial charge in [0.25, 0.3) is 0 Å². The molecule has 1 atom stereocenters. The van der Waals surface area contributed by atoms with E-state index in [1.807, 2.05) is 68.4 Å². The van der Waals surface area contributed by atoms with Gasteiger partial charge in [-0.15, -0.1) is 11.8 Å². The molecule has 184 valence electrons. The molecule has 2 amide bonds. The van der Waals surface area contributed by atoms with Crippen molar-refractivity contribution < 1.29 is 14.0 Å². The van der Waals surface area contributed by atoms with Crippen molar-refractivity contribution >= 4 is 35.2 Å². The van der Waals surface area contributed by atoms with Crippen LogP contribution in [-0.4, -0.2) is 35.1 Å². The highest BCUT2D eigenvalue weighted by Gasteiger charge is 2.30. The topological polar surface area (TPSA) is 49.4 Å². The predicted molar refractivity (Wildman–Crippen MR) is 142 cm³/mol. The number of carbonyl (C=O) groups is 2. The lowest BCUT2D eigenvalue weighted by atomic mass is 10.0. The molecule has 0 aliphatic heterocycles. The monoisotopic (exact) mass is 512 g/mol. The second kappa shape index (κ2) is 13.3. The fraction of sp³-hybridized carbons (Fsp3) is 0.286. The number of nitrogens with one attached hydrogen (secondary N) is 1. The van der Waals surface area contributed by atoms with Gasteiger partial charge in [0.1, 0.15) is 11.9 Å². The molecular weight excluding hydrogens is 483 g/mol. The van der Waals surface area contributed by atoms with Crippen molar-refractivity contribution in [2.45, 2.75) is 38.6 Å². The summed E-state index contributed by atoms with van der Waals surface area (Å²) in [7, 11) is 0. The fourth-order valence-corrected chi connectivity index (χ4v) is 5.10. The van der Waals surface area contributed by atoms with Crippen LogP contribution >= 0.6 is 23.4 Å². The Kier molecular flexibility index (Phi) is 10.2. The summed E-state index contributed by atoms with van der Waals surface area (Å²) in [5.74, 6) is -0.407. The number of halogens is 2. The summed E-state index contributed by atoms with van der Waals surface area (Å²) in [6, 6.07) is 21.5. The number of aryl methyl sites for hydroxylation is 1. The van der Waals surface area contributed by atoms with Crippen LogP contribution in [-0.2, 0) is 28.3 Å². The van der Waals surface area contributed by atoms with Crippen LogP contribution in [0.2, 0.25) is 5.02 Å². The molecule has 0 radical (unpaired) electrons. The van der Waals surface area contributed by atoms with Crippen molar-refractivity contribution in [2.24, 2.45) is 0 Å². The Bertz CT molecular complexity index is 1120. The molecule has 1 N–H and O–H groups in total. The predicted octanol–water partition coefficient (Wildman–Crippen LogP) is 5.80. The van der Waals surface area contributed by atoms with Gasteiger partial charge in [0, 0.05) is 35.8 Å². The van der Waals surface area contributed by atoms with Crippen LogP contribution in [0.25, 0.3) is 0 Å². The molecular formula is C28H30ClFN2O2S. The molecule has 4 nitrogen and oxygen atoms in total. The Morgan fingerprint density at radius 3 is 2.43 bits per heavy atom. The molecule has 0 heterocycles. The van der Waals surface area contributed by atoms with Gasteiger partial charge < -0.3 is 10.2 Å². The second-order valence-electron chi connectivity index (χ2n) is 8.30. The van der Waals surface area contributed by atoms with Crippen molar-refractivity contribution in [1.82, 2.24) is 10.2 Å². The van der Waals surface area contributed by atoms with Gasteiger partial charge in [0.15, 0.2) is 0 Å². The molecule has 0 saturated carbocycles. The van der Waals surface area contributed by atoms with E-state index in [0.29, 0.717) is 30.1 Å². The van der Waals surface area contributed by atoms with Crippen molar-refractivity contribution in [1.29, 1.82) is 0 Å². The van der Waals surface area contributed by atoms with E-state index in [9.17, 15) is 14.0 Å². The van der Waals surface area contributed by atoms with Crippen molar-refractivity contribution in [3.63, 3.8) is 0 Å². The first-order valence-electron chi connectivity index (χ1n) is 11.6. The van der Waals surface area contributed by atoms with E-state index in [-0.39, 0.29) is 23.3 Å². The first kappa shape index (κ1) is 26.8. The number of hydrogen-bond acceptors (Lipinski definition) is 3. The van der Waals surface area contributed by atoms with Crippen molar-refractivity contribution in [3.05, 3.63) is 106 Å². The number of amides is 2. The zero-order valence-corrected chi connectivity index (χ0v) is 21.5. The Morgan fingerprint density at radius 2 is 1.74 bits per heavy atom. The number of carbonyl (C=O) groups excluding carboxylic acids is 2. The molecule has 0 aromatic heterocycles. The molecule has 0 aliphatic rings. The maximum absolute atomic E-state index is 14.2. The van der Waals surface area contributed by atoms with Gasteiger partial charge in [-0.25, -0.2) is 4.39 Å². The molecule has 3 aromatic carbocycles. The number of nitrogens with zero attached hydrogens (tertiary/aromatic N) is 1. The van der Waals surface area contributed by atoms with Gasteiger partial charge in [-0.2, -0.15) is 0 Å². The minimum absolute atomic E-state index is 0.0984. The number of thioether (sulfide) groups is 1. The summed E-state index contributed by atoms with van der Waals surface area (Å²) in [4.78, 5) is 28.3. The van der Waals surface area contributed by atoms with Gasteiger partial charge in [-0.1, -0.05) is 77.8 Å². The van der Waals surface area contributed by atoms with Crippen molar-refractivity contribution in [3.8, 4) is 0 Å². The fourth-order valence-electron chi connectivity index (χ4n) is 3.85.